The van der Waals surface area contributed by atoms with Crippen molar-refractivity contribution < 1.29 is 9.84 Å². The third-order valence-corrected chi connectivity index (χ3v) is 3.26. The predicted molar refractivity (Wildman–Crippen MR) is 72.9 cm³/mol. The summed E-state index contributed by atoms with van der Waals surface area (Å²) in [5, 5.41) is 7.00. The Balaban J connectivity index is 0.000000244. The van der Waals surface area contributed by atoms with Crippen molar-refractivity contribution in [1.82, 2.24) is 0 Å². The Hall–Kier alpha value is -0.643. The minimum Gasteiger partial charge on any atom is -0.400 e. The van der Waals surface area contributed by atoms with E-state index in [4.69, 9.17) is 9.84 Å². The molecule has 1 aromatic carbocycles. The zero-order valence-electron chi connectivity index (χ0n) is 10.6. The van der Waals surface area contributed by atoms with E-state index in [0.717, 1.165) is 13.7 Å². The van der Waals surface area contributed by atoms with Crippen LogP contribution < -0.4 is 0 Å². The Kier molecular flexibility index (Phi) is 10.4. The van der Waals surface area contributed by atoms with Gasteiger partial charge in [-0.05, 0) is 26.2 Å². The molecule has 0 saturated carbocycles. The lowest BCUT2D eigenvalue weighted by atomic mass is 10.2. The molecular weight excluding hydrogens is 216 g/mol. The maximum Gasteiger partial charge on any atom is 0.0465 e. The van der Waals surface area contributed by atoms with Gasteiger partial charge < -0.3 is 9.84 Å². The van der Waals surface area contributed by atoms with Crippen molar-refractivity contribution in [2.75, 3.05) is 13.7 Å². The first kappa shape index (κ1) is 15.4. The number of ether oxygens (including phenoxy) is 1. The number of aryl methyl sites for hydroxylation is 1. The van der Waals surface area contributed by atoms with E-state index in [1.165, 1.54) is 35.1 Å². The molecule has 2 nitrogen and oxygen atoms in total. The molecule has 1 aliphatic heterocycles. The zero-order chi connectivity index (χ0) is 12.2. The van der Waals surface area contributed by atoms with E-state index in [1.54, 1.807) is 0 Å². The van der Waals surface area contributed by atoms with E-state index in [9.17, 15) is 0 Å². The Bertz CT molecular complexity index is 233. The number of aliphatic hydroxyl groups is 1. The first-order chi connectivity index (χ1) is 7.79. The van der Waals surface area contributed by atoms with Gasteiger partial charge in [0.25, 0.3) is 0 Å². The quantitative estimate of drug-likeness (QED) is 0.696. The lowest BCUT2D eigenvalue weighted by molar-refractivity contribution is 0.0675. The Morgan fingerprint density at radius 3 is 2.06 bits per heavy atom. The van der Waals surface area contributed by atoms with E-state index < -0.39 is 0 Å². The van der Waals surface area contributed by atoms with Crippen LogP contribution in [0.1, 0.15) is 24.8 Å². The highest BCUT2D eigenvalue weighted by Crippen LogP contribution is 2.08. The van der Waals surface area contributed by atoms with Crippen molar-refractivity contribution in [2.24, 2.45) is 0 Å². The van der Waals surface area contributed by atoms with E-state index in [-0.39, 0.29) is 0 Å². The average molecular weight is 240 g/mol. The van der Waals surface area contributed by atoms with Crippen LogP contribution in [0.2, 0.25) is 0 Å². The molecule has 0 radical (unpaired) electrons. The van der Waals surface area contributed by atoms with Crippen LogP contribution in [0.15, 0.2) is 30.3 Å². The minimum atomic E-state index is 0.675. The van der Waals surface area contributed by atoms with Crippen molar-refractivity contribution >= 4 is 10.2 Å². The first-order valence-corrected chi connectivity index (χ1v) is 7.02. The molecule has 1 heterocycles. The molecule has 1 unspecified atom stereocenters. The number of hydrogen-bond donors (Lipinski definition) is 1. The lowest BCUT2D eigenvalue weighted by Gasteiger charge is -2.17. The van der Waals surface area contributed by atoms with Gasteiger partial charge in [0.15, 0.2) is 0 Å². The molecule has 1 fully saturated rings. The molecule has 92 valence electrons. The molecule has 1 aromatic rings. The zero-order valence-corrected chi connectivity index (χ0v) is 12.6. The Labute approximate surface area is 102 Å². The third-order valence-electron chi connectivity index (χ3n) is 2.35. The summed E-state index contributed by atoms with van der Waals surface area (Å²) >= 11 is 0. The molecule has 1 aliphatic rings. The molecule has 0 amide bonds. The summed E-state index contributed by atoms with van der Waals surface area (Å²) < 4.78 is 5.34. The highest BCUT2D eigenvalue weighted by Gasteiger charge is 2.05. The first-order valence-electron chi connectivity index (χ1n) is 5.87. The van der Waals surface area contributed by atoms with Crippen LogP contribution in [0.3, 0.4) is 0 Å². The largest absolute Gasteiger partial charge is 0.400 e. The molecule has 2 rings (SSSR count). The van der Waals surface area contributed by atoms with E-state index in [0.29, 0.717) is 5.73 Å². The molecule has 0 aliphatic carbocycles. The number of hydrogen-bond acceptors (Lipinski definition) is 2. The minimum absolute atomic E-state index is 0.675. The Morgan fingerprint density at radius 1 is 1.19 bits per heavy atom. The summed E-state index contributed by atoms with van der Waals surface area (Å²) in [6.07, 6.45) is 4.01. The van der Waals surface area contributed by atoms with Gasteiger partial charge in [0.1, 0.15) is 0 Å². The fourth-order valence-corrected chi connectivity index (χ4v) is 2.08. The van der Waals surface area contributed by atoms with Crippen LogP contribution in [-0.2, 0) is 4.74 Å². The number of rotatable bonds is 0. The number of benzene rings is 1. The molecular formula is C13H24O2Si. The van der Waals surface area contributed by atoms with E-state index >= 15 is 0 Å². The highest BCUT2D eigenvalue weighted by atomic mass is 28.1. The van der Waals surface area contributed by atoms with E-state index in [2.05, 4.69) is 19.1 Å². The number of aliphatic hydroxyl groups excluding tert-OH is 1. The van der Waals surface area contributed by atoms with Crippen molar-refractivity contribution in [1.29, 1.82) is 0 Å². The van der Waals surface area contributed by atoms with Gasteiger partial charge in [-0.25, -0.2) is 0 Å². The second kappa shape index (κ2) is 10.9. The predicted octanol–water partition coefficient (Wildman–Crippen LogP) is 1.48. The van der Waals surface area contributed by atoms with Gasteiger partial charge in [-0.1, -0.05) is 35.9 Å². The van der Waals surface area contributed by atoms with Gasteiger partial charge in [-0.2, -0.15) is 0 Å². The van der Waals surface area contributed by atoms with Crippen LogP contribution in [0.5, 0.6) is 0 Å². The second-order valence-corrected chi connectivity index (χ2v) is 5.12. The normalized spacial score (nSPS) is 18.8. The van der Waals surface area contributed by atoms with Gasteiger partial charge in [0, 0.05) is 29.7 Å². The fourth-order valence-electron chi connectivity index (χ4n) is 1.44. The molecule has 1 atom stereocenters. The van der Waals surface area contributed by atoms with Gasteiger partial charge in [-0.15, -0.1) is 0 Å². The topological polar surface area (TPSA) is 29.5 Å². The molecule has 0 spiro atoms. The van der Waals surface area contributed by atoms with Gasteiger partial charge in [0.2, 0.25) is 0 Å². The van der Waals surface area contributed by atoms with Crippen molar-refractivity contribution in [2.45, 2.75) is 31.9 Å². The monoisotopic (exact) mass is 240 g/mol. The summed E-state index contributed by atoms with van der Waals surface area (Å²) in [6.45, 7) is 3.11. The lowest BCUT2D eigenvalue weighted by Crippen LogP contribution is -2.18. The van der Waals surface area contributed by atoms with Gasteiger partial charge in [-0.3, -0.25) is 0 Å². The summed E-state index contributed by atoms with van der Waals surface area (Å²) in [5.41, 5.74) is 2.00. The highest BCUT2D eigenvalue weighted by molar-refractivity contribution is 6.11. The summed E-state index contributed by atoms with van der Waals surface area (Å²) in [5.74, 6) is 0. The van der Waals surface area contributed by atoms with Crippen molar-refractivity contribution in [3.05, 3.63) is 35.9 Å². The SMILES string of the molecule is CO.Cc1ccccc1.[SiH3]C1CCCCO1. The maximum absolute atomic E-state index is 7.00. The van der Waals surface area contributed by atoms with Crippen LogP contribution in [-0.4, -0.2) is 34.8 Å². The fraction of sp³-hybridized carbons (Fsp3) is 0.538. The van der Waals surface area contributed by atoms with E-state index in [1.807, 2.05) is 18.2 Å². The summed E-state index contributed by atoms with van der Waals surface area (Å²) in [7, 11) is 2.23. The molecule has 0 bridgehead atoms. The second-order valence-electron chi connectivity index (χ2n) is 3.83. The van der Waals surface area contributed by atoms with Crippen molar-refractivity contribution in [3.8, 4) is 0 Å². The molecule has 1 N–H and O–H groups in total. The standard InChI is InChI=1S/C7H8.C5H12OSi.CH4O/c1-7-5-3-2-4-6-7;7-5-3-1-2-4-6-5;1-2/h2-6H,1H3;5H,1-4H2,7H3;2H,1H3. The van der Waals surface area contributed by atoms with Crippen LogP contribution in [0.25, 0.3) is 0 Å². The van der Waals surface area contributed by atoms with Crippen molar-refractivity contribution in [3.63, 3.8) is 0 Å². The Morgan fingerprint density at radius 2 is 1.81 bits per heavy atom. The smallest absolute Gasteiger partial charge is 0.0465 e. The van der Waals surface area contributed by atoms with Crippen LogP contribution >= 0.6 is 0 Å². The summed E-state index contributed by atoms with van der Waals surface area (Å²) in [4.78, 5) is 0. The van der Waals surface area contributed by atoms with Gasteiger partial charge in [0.05, 0.1) is 0 Å². The van der Waals surface area contributed by atoms with Gasteiger partial charge >= 0.3 is 0 Å². The molecule has 0 aromatic heterocycles. The summed E-state index contributed by atoms with van der Waals surface area (Å²) in [6, 6.07) is 10.3. The average Bonchev–Trinajstić information content (AvgIpc) is 2.34. The maximum atomic E-state index is 7.00. The van der Waals surface area contributed by atoms with Crippen LogP contribution in [0, 0.1) is 6.92 Å². The van der Waals surface area contributed by atoms with Crippen LogP contribution in [0.4, 0.5) is 0 Å². The molecule has 16 heavy (non-hydrogen) atoms. The molecule has 1 saturated heterocycles. The molecule has 3 heteroatoms. The third kappa shape index (κ3) is 8.65.